The molecule has 4 nitrogen and oxygen atoms in total. The van der Waals surface area contributed by atoms with Crippen LogP contribution in [-0.2, 0) is 0 Å². The zero-order chi connectivity index (χ0) is 12.3. The SMILES string of the molecule is O=C(O)c1ccc(Oc2cccc(Br)c2)cn1. The number of benzene rings is 1. The van der Waals surface area contributed by atoms with Gasteiger partial charge in [-0.05, 0) is 30.3 Å². The first-order valence-corrected chi connectivity index (χ1v) is 5.57. The molecule has 1 aromatic heterocycles. The molecule has 2 rings (SSSR count). The largest absolute Gasteiger partial charge is 0.477 e. The average molecular weight is 294 g/mol. The lowest BCUT2D eigenvalue weighted by Crippen LogP contribution is -1.99. The van der Waals surface area contributed by atoms with Gasteiger partial charge in [-0.3, -0.25) is 0 Å². The second kappa shape index (κ2) is 4.97. The van der Waals surface area contributed by atoms with Crippen molar-refractivity contribution in [2.24, 2.45) is 0 Å². The molecule has 1 aromatic carbocycles. The number of aromatic nitrogens is 1. The summed E-state index contributed by atoms with van der Waals surface area (Å²) in [5.41, 5.74) is -0.00778. The number of carboxylic acid groups (broad SMARTS) is 1. The summed E-state index contributed by atoms with van der Waals surface area (Å²) in [6.45, 7) is 0. The molecule has 0 fully saturated rings. The number of ether oxygens (including phenoxy) is 1. The van der Waals surface area contributed by atoms with E-state index < -0.39 is 5.97 Å². The summed E-state index contributed by atoms with van der Waals surface area (Å²) in [7, 11) is 0. The molecule has 0 unspecified atom stereocenters. The lowest BCUT2D eigenvalue weighted by molar-refractivity contribution is 0.0690. The smallest absolute Gasteiger partial charge is 0.354 e. The normalized spacial score (nSPS) is 9.94. The lowest BCUT2D eigenvalue weighted by Gasteiger charge is -2.05. The van der Waals surface area contributed by atoms with Crippen LogP contribution in [0.25, 0.3) is 0 Å². The molecule has 0 saturated carbocycles. The van der Waals surface area contributed by atoms with E-state index in [1.165, 1.54) is 12.3 Å². The van der Waals surface area contributed by atoms with E-state index in [4.69, 9.17) is 9.84 Å². The highest BCUT2D eigenvalue weighted by Crippen LogP contribution is 2.23. The molecule has 0 aliphatic rings. The maximum atomic E-state index is 10.6. The quantitative estimate of drug-likeness (QED) is 0.943. The number of aromatic carboxylic acids is 1. The Morgan fingerprint density at radius 1 is 1.24 bits per heavy atom. The van der Waals surface area contributed by atoms with Crippen molar-refractivity contribution in [3.63, 3.8) is 0 Å². The van der Waals surface area contributed by atoms with E-state index in [1.807, 2.05) is 18.2 Å². The van der Waals surface area contributed by atoms with Crippen molar-refractivity contribution in [3.05, 3.63) is 52.8 Å². The van der Waals surface area contributed by atoms with Gasteiger partial charge < -0.3 is 9.84 Å². The predicted octanol–water partition coefficient (Wildman–Crippen LogP) is 3.33. The minimum absolute atomic E-state index is 0.00778. The summed E-state index contributed by atoms with van der Waals surface area (Å²) < 4.78 is 6.42. The number of nitrogens with zero attached hydrogens (tertiary/aromatic N) is 1. The first-order valence-electron chi connectivity index (χ1n) is 4.78. The fourth-order valence-corrected chi connectivity index (χ4v) is 1.61. The van der Waals surface area contributed by atoms with E-state index in [2.05, 4.69) is 20.9 Å². The molecule has 0 saturated heterocycles. The van der Waals surface area contributed by atoms with E-state index in [0.29, 0.717) is 11.5 Å². The predicted molar refractivity (Wildman–Crippen MR) is 65.4 cm³/mol. The fourth-order valence-electron chi connectivity index (χ4n) is 1.23. The van der Waals surface area contributed by atoms with Gasteiger partial charge in [0.15, 0.2) is 0 Å². The summed E-state index contributed by atoms with van der Waals surface area (Å²) in [5, 5.41) is 8.69. The van der Waals surface area contributed by atoms with Crippen LogP contribution in [0.5, 0.6) is 11.5 Å². The topological polar surface area (TPSA) is 59.4 Å². The maximum Gasteiger partial charge on any atom is 0.354 e. The Hall–Kier alpha value is -1.88. The first kappa shape index (κ1) is 11.6. The Bertz CT molecular complexity index is 540. The summed E-state index contributed by atoms with van der Waals surface area (Å²) in [4.78, 5) is 14.4. The minimum atomic E-state index is -1.06. The Labute approximate surface area is 106 Å². The van der Waals surface area contributed by atoms with Crippen LogP contribution in [0.3, 0.4) is 0 Å². The highest BCUT2D eigenvalue weighted by molar-refractivity contribution is 9.10. The molecule has 0 bridgehead atoms. The molecule has 0 atom stereocenters. The van der Waals surface area contributed by atoms with Crippen LogP contribution >= 0.6 is 15.9 Å². The number of hydrogen-bond acceptors (Lipinski definition) is 3. The molecule has 5 heteroatoms. The van der Waals surface area contributed by atoms with Crippen molar-refractivity contribution >= 4 is 21.9 Å². The molecule has 0 amide bonds. The van der Waals surface area contributed by atoms with Crippen molar-refractivity contribution in [3.8, 4) is 11.5 Å². The zero-order valence-electron chi connectivity index (χ0n) is 8.63. The van der Waals surface area contributed by atoms with Gasteiger partial charge >= 0.3 is 5.97 Å². The molecule has 1 N–H and O–H groups in total. The van der Waals surface area contributed by atoms with Crippen molar-refractivity contribution in [2.45, 2.75) is 0 Å². The zero-order valence-corrected chi connectivity index (χ0v) is 10.2. The van der Waals surface area contributed by atoms with Crippen LogP contribution in [-0.4, -0.2) is 16.1 Å². The van der Waals surface area contributed by atoms with Crippen molar-refractivity contribution in [1.29, 1.82) is 0 Å². The molecule has 0 radical (unpaired) electrons. The van der Waals surface area contributed by atoms with E-state index in [0.717, 1.165) is 4.47 Å². The second-order valence-corrected chi connectivity index (χ2v) is 4.16. The average Bonchev–Trinajstić information content (AvgIpc) is 2.29. The monoisotopic (exact) mass is 293 g/mol. The number of hydrogen-bond donors (Lipinski definition) is 1. The highest BCUT2D eigenvalue weighted by atomic mass is 79.9. The molecule has 0 aliphatic heterocycles. The molecule has 17 heavy (non-hydrogen) atoms. The van der Waals surface area contributed by atoms with Crippen LogP contribution in [0.4, 0.5) is 0 Å². The summed E-state index contributed by atoms with van der Waals surface area (Å²) in [6.07, 6.45) is 1.38. The van der Waals surface area contributed by atoms with E-state index >= 15 is 0 Å². The Morgan fingerprint density at radius 3 is 2.65 bits per heavy atom. The van der Waals surface area contributed by atoms with Crippen molar-refractivity contribution in [1.82, 2.24) is 4.98 Å². The number of carboxylic acids is 1. The third-order valence-electron chi connectivity index (χ3n) is 1.99. The first-order chi connectivity index (χ1) is 8.15. The molecule has 1 heterocycles. The highest BCUT2D eigenvalue weighted by Gasteiger charge is 2.04. The summed E-state index contributed by atoms with van der Waals surface area (Å²) in [5.74, 6) is 0.0938. The summed E-state index contributed by atoms with van der Waals surface area (Å²) in [6, 6.07) is 10.3. The molecule has 0 aliphatic carbocycles. The van der Waals surface area contributed by atoms with Crippen LogP contribution in [0.15, 0.2) is 47.1 Å². The summed E-state index contributed by atoms with van der Waals surface area (Å²) >= 11 is 3.33. The van der Waals surface area contributed by atoms with E-state index in [9.17, 15) is 4.79 Å². The van der Waals surface area contributed by atoms with Crippen LogP contribution in [0.1, 0.15) is 10.5 Å². The third kappa shape index (κ3) is 3.04. The van der Waals surface area contributed by atoms with Crippen LogP contribution in [0, 0.1) is 0 Å². The van der Waals surface area contributed by atoms with Crippen LogP contribution < -0.4 is 4.74 Å². The van der Waals surface area contributed by atoms with Gasteiger partial charge in [-0.2, -0.15) is 0 Å². The minimum Gasteiger partial charge on any atom is -0.477 e. The number of carbonyl (C=O) groups is 1. The Morgan fingerprint density at radius 2 is 2.06 bits per heavy atom. The maximum absolute atomic E-state index is 10.6. The van der Waals surface area contributed by atoms with Gasteiger partial charge in [0, 0.05) is 4.47 Å². The number of pyridine rings is 1. The van der Waals surface area contributed by atoms with Gasteiger partial charge in [-0.1, -0.05) is 22.0 Å². The van der Waals surface area contributed by atoms with Gasteiger partial charge in [-0.25, -0.2) is 9.78 Å². The Kier molecular flexibility index (Phi) is 3.39. The van der Waals surface area contributed by atoms with Gasteiger partial charge in [0.2, 0.25) is 0 Å². The fraction of sp³-hybridized carbons (Fsp3) is 0. The molecular weight excluding hydrogens is 286 g/mol. The molecule has 86 valence electrons. The van der Waals surface area contributed by atoms with Gasteiger partial charge in [0.1, 0.15) is 17.2 Å². The Balaban J connectivity index is 2.16. The number of halogens is 1. The molecule has 0 spiro atoms. The number of rotatable bonds is 3. The van der Waals surface area contributed by atoms with Gasteiger partial charge in [-0.15, -0.1) is 0 Å². The standard InChI is InChI=1S/C12H8BrNO3/c13-8-2-1-3-9(6-8)17-10-4-5-11(12(15)16)14-7-10/h1-7H,(H,15,16). The van der Waals surface area contributed by atoms with Crippen LogP contribution in [0.2, 0.25) is 0 Å². The lowest BCUT2D eigenvalue weighted by atomic mass is 10.3. The van der Waals surface area contributed by atoms with Crippen molar-refractivity contribution in [2.75, 3.05) is 0 Å². The molecule has 2 aromatic rings. The van der Waals surface area contributed by atoms with E-state index in [-0.39, 0.29) is 5.69 Å². The third-order valence-corrected chi connectivity index (χ3v) is 2.48. The second-order valence-electron chi connectivity index (χ2n) is 3.24. The van der Waals surface area contributed by atoms with Gasteiger partial charge in [0.25, 0.3) is 0 Å². The van der Waals surface area contributed by atoms with E-state index in [1.54, 1.807) is 12.1 Å². The molecular formula is C12H8BrNO3. The van der Waals surface area contributed by atoms with Crippen molar-refractivity contribution < 1.29 is 14.6 Å². The van der Waals surface area contributed by atoms with Gasteiger partial charge in [0.05, 0.1) is 6.20 Å².